The Morgan fingerprint density at radius 3 is 2.42 bits per heavy atom. The second kappa shape index (κ2) is 8.87. The summed E-state index contributed by atoms with van der Waals surface area (Å²) >= 11 is 0. The highest BCUT2D eigenvalue weighted by Crippen LogP contribution is 2.29. The summed E-state index contributed by atoms with van der Waals surface area (Å²) in [6.07, 6.45) is 9.08. The van der Waals surface area contributed by atoms with Crippen molar-refractivity contribution >= 4 is 12.4 Å². The average Bonchev–Trinajstić information content (AvgIpc) is 3.35. The molecule has 0 N–H and O–H groups in total. The lowest BCUT2D eigenvalue weighted by Crippen LogP contribution is -2.40. The maximum atomic E-state index is 5.46. The summed E-state index contributed by atoms with van der Waals surface area (Å²) in [5.41, 5.74) is 0.940. The fourth-order valence-electron chi connectivity index (χ4n) is 4.24. The molecule has 2 fully saturated rings. The number of halogens is 1. The molecule has 1 aromatic heterocycles. The highest BCUT2D eigenvalue weighted by atomic mass is 35.5. The second-order valence-electron chi connectivity index (χ2n) is 7.37. The summed E-state index contributed by atoms with van der Waals surface area (Å²) in [5.74, 6) is 2.95. The molecule has 1 saturated carbocycles. The summed E-state index contributed by atoms with van der Waals surface area (Å²) in [7, 11) is 1.66. The van der Waals surface area contributed by atoms with Crippen LogP contribution in [0.15, 0.2) is 28.8 Å². The molecule has 1 aromatic carbocycles. The molecule has 1 saturated heterocycles. The SMILES string of the molecule is COc1ccc(-c2nc(CC3CCN(C4CCCC4)CC3)no2)cc1.Cl. The lowest BCUT2D eigenvalue weighted by atomic mass is 9.92. The number of ether oxygens (including phenoxy) is 1. The first-order valence-electron chi connectivity index (χ1n) is 9.53. The number of methoxy groups -OCH3 is 1. The van der Waals surface area contributed by atoms with Gasteiger partial charge in [0, 0.05) is 18.0 Å². The molecule has 1 aliphatic heterocycles. The van der Waals surface area contributed by atoms with E-state index < -0.39 is 0 Å². The van der Waals surface area contributed by atoms with Crippen molar-refractivity contribution in [1.29, 1.82) is 0 Å². The first-order valence-corrected chi connectivity index (χ1v) is 9.53. The van der Waals surface area contributed by atoms with Gasteiger partial charge < -0.3 is 14.2 Å². The Kier molecular flexibility index (Phi) is 6.54. The zero-order valence-corrected chi connectivity index (χ0v) is 16.2. The van der Waals surface area contributed by atoms with Crippen molar-refractivity contribution in [3.63, 3.8) is 0 Å². The van der Waals surface area contributed by atoms with E-state index in [1.165, 1.54) is 51.6 Å². The van der Waals surface area contributed by atoms with Gasteiger partial charge >= 0.3 is 0 Å². The van der Waals surface area contributed by atoms with Crippen molar-refractivity contribution < 1.29 is 9.26 Å². The lowest BCUT2D eigenvalue weighted by Gasteiger charge is -2.35. The molecule has 0 unspecified atom stereocenters. The molecule has 0 spiro atoms. The van der Waals surface area contributed by atoms with Crippen molar-refractivity contribution in [3.8, 4) is 17.2 Å². The molecule has 6 heteroatoms. The predicted molar refractivity (Wildman–Crippen MR) is 104 cm³/mol. The Bertz CT molecular complexity index is 675. The zero-order chi connectivity index (χ0) is 17.1. The molecule has 142 valence electrons. The van der Waals surface area contributed by atoms with Crippen LogP contribution in [0.4, 0.5) is 0 Å². The van der Waals surface area contributed by atoms with Gasteiger partial charge in [0.2, 0.25) is 0 Å². The van der Waals surface area contributed by atoms with E-state index in [9.17, 15) is 0 Å². The largest absolute Gasteiger partial charge is 0.497 e. The van der Waals surface area contributed by atoms with Gasteiger partial charge in [0.1, 0.15) is 5.75 Å². The Hall–Kier alpha value is -1.59. The van der Waals surface area contributed by atoms with Crippen LogP contribution in [-0.2, 0) is 6.42 Å². The van der Waals surface area contributed by atoms with E-state index in [0.717, 1.165) is 29.6 Å². The van der Waals surface area contributed by atoms with E-state index in [0.29, 0.717) is 11.8 Å². The van der Waals surface area contributed by atoms with Crippen LogP contribution < -0.4 is 4.74 Å². The summed E-state index contributed by atoms with van der Waals surface area (Å²) in [4.78, 5) is 7.31. The molecule has 1 aliphatic carbocycles. The van der Waals surface area contributed by atoms with Crippen molar-refractivity contribution in [2.24, 2.45) is 5.92 Å². The van der Waals surface area contributed by atoms with Crippen molar-refractivity contribution in [3.05, 3.63) is 30.1 Å². The molecular weight excluding hydrogens is 350 g/mol. The van der Waals surface area contributed by atoms with Crippen LogP contribution in [0.3, 0.4) is 0 Å². The Morgan fingerprint density at radius 2 is 1.77 bits per heavy atom. The van der Waals surface area contributed by atoms with Crippen LogP contribution in [0.1, 0.15) is 44.3 Å². The van der Waals surface area contributed by atoms with Crippen molar-refractivity contribution in [1.82, 2.24) is 15.0 Å². The van der Waals surface area contributed by atoms with Crippen LogP contribution in [0.2, 0.25) is 0 Å². The van der Waals surface area contributed by atoms with Gasteiger partial charge in [-0.2, -0.15) is 4.98 Å². The van der Waals surface area contributed by atoms with Gasteiger partial charge in [-0.05, 0) is 69.0 Å². The predicted octanol–water partition coefficient (Wildman–Crippen LogP) is 4.36. The zero-order valence-electron chi connectivity index (χ0n) is 15.4. The number of nitrogens with zero attached hydrogens (tertiary/aromatic N) is 3. The number of aromatic nitrogens is 2. The minimum Gasteiger partial charge on any atom is -0.497 e. The molecule has 2 aromatic rings. The summed E-state index contributed by atoms with van der Waals surface area (Å²) in [6, 6.07) is 8.59. The Labute approximate surface area is 161 Å². The molecule has 5 nitrogen and oxygen atoms in total. The van der Waals surface area contributed by atoms with Gasteiger partial charge in [0.25, 0.3) is 5.89 Å². The molecule has 0 atom stereocenters. The van der Waals surface area contributed by atoms with Crippen LogP contribution in [0.5, 0.6) is 5.75 Å². The minimum atomic E-state index is 0. The van der Waals surface area contributed by atoms with Gasteiger partial charge in [0.15, 0.2) is 5.82 Å². The average molecular weight is 378 g/mol. The quantitative estimate of drug-likeness (QED) is 0.774. The fraction of sp³-hybridized carbons (Fsp3) is 0.600. The number of piperidine rings is 1. The third-order valence-corrected chi connectivity index (χ3v) is 5.77. The van der Waals surface area contributed by atoms with E-state index in [2.05, 4.69) is 15.0 Å². The number of benzene rings is 1. The first kappa shape index (κ1) is 19.2. The standard InChI is InChI=1S/C20H27N3O2.ClH/c1-24-18-8-6-16(7-9-18)20-21-19(22-25-20)14-15-10-12-23(13-11-15)17-4-2-3-5-17;/h6-9,15,17H,2-5,10-14H2,1H3;1H. The van der Waals surface area contributed by atoms with Gasteiger partial charge in [-0.15, -0.1) is 12.4 Å². The number of hydrogen-bond acceptors (Lipinski definition) is 5. The second-order valence-corrected chi connectivity index (χ2v) is 7.37. The van der Waals surface area contributed by atoms with Crippen LogP contribution in [-0.4, -0.2) is 41.3 Å². The van der Waals surface area contributed by atoms with Gasteiger partial charge in [-0.3, -0.25) is 0 Å². The van der Waals surface area contributed by atoms with E-state index >= 15 is 0 Å². The van der Waals surface area contributed by atoms with Crippen LogP contribution in [0, 0.1) is 5.92 Å². The summed E-state index contributed by atoms with van der Waals surface area (Å²) in [5, 5.41) is 4.19. The monoisotopic (exact) mass is 377 g/mol. The molecule has 2 aliphatic rings. The first-order chi connectivity index (χ1) is 12.3. The minimum absolute atomic E-state index is 0. The van der Waals surface area contributed by atoms with Crippen molar-refractivity contribution in [2.75, 3.05) is 20.2 Å². The maximum absolute atomic E-state index is 5.46. The normalized spacial score (nSPS) is 19.4. The molecule has 2 heterocycles. The van der Waals surface area contributed by atoms with E-state index in [1.54, 1.807) is 7.11 Å². The van der Waals surface area contributed by atoms with Gasteiger partial charge in [0.05, 0.1) is 7.11 Å². The summed E-state index contributed by atoms with van der Waals surface area (Å²) in [6.45, 7) is 2.47. The topological polar surface area (TPSA) is 51.4 Å². The van der Waals surface area contributed by atoms with E-state index in [1.807, 2.05) is 24.3 Å². The smallest absolute Gasteiger partial charge is 0.257 e. The molecule has 0 bridgehead atoms. The van der Waals surface area contributed by atoms with Crippen molar-refractivity contribution in [2.45, 2.75) is 51.0 Å². The molecule has 0 amide bonds. The number of rotatable bonds is 5. The Balaban J connectivity index is 0.00000196. The lowest BCUT2D eigenvalue weighted by molar-refractivity contribution is 0.133. The van der Waals surface area contributed by atoms with Crippen LogP contribution in [0.25, 0.3) is 11.5 Å². The summed E-state index contributed by atoms with van der Waals surface area (Å²) < 4.78 is 10.6. The van der Waals surface area contributed by atoms with Gasteiger partial charge in [-0.25, -0.2) is 0 Å². The third-order valence-electron chi connectivity index (χ3n) is 5.77. The number of likely N-dealkylation sites (tertiary alicyclic amines) is 1. The number of hydrogen-bond donors (Lipinski definition) is 0. The molecule has 26 heavy (non-hydrogen) atoms. The molecule has 4 rings (SSSR count). The fourth-order valence-corrected chi connectivity index (χ4v) is 4.24. The highest BCUT2D eigenvalue weighted by Gasteiger charge is 2.27. The highest BCUT2D eigenvalue weighted by molar-refractivity contribution is 5.85. The van der Waals surface area contributed by atoms with E-state index in [4.69, 9.17) is 9.26 Å². The van der Waals surface area contributed by atoms with Crippen LogP contribution >= 0.6 is 12.4 Å². The molecule has 0 radical (unpaired) electrons. The van der Waals surface area contributed by atoms with Gasteiger partial charge in [-0.1, -0.05) is 18.0 Å². The maximum Gasteiger partial charge on any atom is 0.257 e. The third kappa shape index (κ3) is 4.38. The molecular formula is C20H28ClN3O2. The van der Waals surface area contributed by atoms with E-state index in [-0.39, 0.29) is 12.4 Å². The Morgan fingerprint density at radius 1 is 1.08 bits per heavy atom.